The molecule has 4 aromatic rings. The van der Waals surface area contributed by atoms with Gasteiger partial charge in [0.05, 0.1) is 17.3 Å². The van der Waals surface area contributed by atoms with Crippen LogP contribution in [0.3, 0.4) is 0 Å². The lowest BCUT2D eigenvalue weighted by Gasteiger charge is -2.29. The number of aromatic nitrogens is 2. The molecule has 1 atom stereocenters. The van der Waals surface area contributed by atoms with Crippen molar-refractivity contribution in [3.63, 3.8) is 0 Å². The Balaban J connectivity index is 1.22. The van der Waals surface area contributed by atoms with Crippen LogP contribution in [0, 0.1) is 24.7 Å². The molecule has 1 aromatic heterocycles. The standard InChI is InChI=1S/C45H58N4O6/c1-29-23-34(40(50)9-8-22-54-44(2,3)4)19-21-38(29)32-14-10-30(11-15-32)24-36(42(52)48-37-20-18-35-28-47-49-39(35)26-37)25-41(51)33-16-12-31(13-17-33)27-46-43(53)55-45(5,6)7/h10-11,14-15,18-21,23,26,28,31,33,36H,8-9,12-13,16-17,22,24-25,27H2,1-7H3,(H,46,53)(H,47,49)(H,48,52)/t31?,33?,36-/m1/s1. The third-order valence-electron chi connectivity index (χ3n) is 10.1. The zero-order valence-electron chi connectivity index (χ0n) is 33.6. The smallest absolute Gasteiger partial charge is 0.407 e. The van der Waals surface area contributed by atoms with E-state index >= 15 is 0 Å². The van der Waals surface area contributed by atoms with Gasteiger partial charge in [0.15, 0.2) is 5.78 Å². The maximum absolute atomic E-state index is 13.9. The Labute approximate surface area is 325 Å². The van der Waals surface area contributed by atoms with Gasteiger partial charge in [0.1, 0.15) is 11.4 Å². The van der Waals surface area contributed by atoms with Gasteiger partial charge in [-0.2, -0.15) is 5.10 Å². The third-order valence-corrected chi connectivity index (χ3v) is 10.1. The summed E-state index contributed by atoms with van der Waals surface area (Å²) in [7, 11) is 0. The van der Waals surface area contributed by atoms with Crippen molar-refractivity contribution >= 4 is 40.2 Å². The summed E-state index contributed by atoms with van der Waals surface area (Å²) in [6.07, 6.45) is 6.09. The highest BCUT2D eigenvalue weighted by Gasteiger charge is 2.31. The van der Waals surface area contributed by atoms with Crippen LogP contribution in [0.15, 0.2) is 66.9 Å². The lowest BCUT2D eigenvalue weighted by atomic mass is 9.77. The fourth-order valence-corrected chi connectivity index (χ4v) is 7.18. The van der Waals surface area contributed by atoms with E-state index in [1.54, 1.807) is 6.20 Å². The Morgan fingerprint density at radius 1 is 0.891 bits per heavy atom. The van der Waals surface area contributed by atoms with Crippen molar-refractivity contribution in [1.82, 2.24) is 15.5 Å². The van der Waals surface area contributed by atoms with Gasteiger partial charge < -0.3 is 20.1 Å². The van der Waals surface area contributed by atoms with E-state index in [9.17, 15) is 19.2 Å². The average Bonchev–Trinajstić information content (AvgIpc) is 3.60. The van der Waals surface area contributed by atoms with Gasteiger partial charge in [-0.1, -0.05) is 36.4 Å². The number of hydrogen-bond donors (Lipinski definition) is 3. The predicted octanol–water partition coefficient (Wildman–Crippen LogP) is 9.40. The zero-order valence-corrected chi connectivity index (χ0v) is 33.6. The number of ketones is 2. The maximum atomic E-state index is 13.9. The highest BCUT2D eigenvalue weighted by Crippen LogP contribution is 2.32. The predicted molar refractivity (Wildman–Crippen MR) is 217 cm³/mol. The van der Waals surface area contributed by atoms with Crippen LogP contribution in [0.5, 0.6) is 0 Å². The van der Waals surface area contributed by atoms with E-state index in [4.69, 9.17) is 9.47 Å². The van der Waals surface area contributed by atoms with E-state index in [0.29, 0.717) is 43.7 Å². The second kappa shape index (κ2) is 18.2. The summed E-state index contributed by atoms with van der Waals surface area (Å²) < 4.78 is 11.1. The number of carbonyl (C=O) groups excluding carboxylic acids is 4. The molecule has 55 heavy (non-hydrogen) atoms. The third kappa shape index (κ3) is 12.6. The number of benzene rings is 3. The summed E-state index contributed by atoms with van der Waals surface area (Å²) in [6, 6.07) is 19.6. The van der Waals surface area contributed by atoms with Gasteiger partial charge in [-0.3, -0.25) is 19.5 Å². The van der Waals surface area contributed by atoms with Crippen molar-refractivity contribution in [1.29, 1.82) is 0 Å². The average molecular weight is 751 g/mol. The van der Waals surface area contributed by atoms with Gasteiger partial charge in [0, 0.05) is 54.5 Å². The first-order valence-corrected chi connectivity index (χ1v) is 19.6. The quantitative estimate of drug-likeness (QED) is 0.0813. The van der Waals surface area contributed by atoms with Gasteiger partial charge in [0.2, 0.25) is 5.91 Å². The van der Waals surface area contributed by atoms with E-state index in [2.05, 4.69) is 20.8 Å². The molecule has 0 unspecified atom stereocenters. The number of nitrogens with zero attached hydrogens (tertiary/aromatic N) is 1. The van der Waals surface area contributed by atoms with Gasteiger partial charge in [-0.05, 0) is 139 Å². The van der Waals surface area contributed by atoms with Crippen LogP contribution in [0.1, 0.15) is 108 Å². The summed E-state index contributed by atoms with van der Waals surface area (Å²) in [5.74, 6) is -0.395. The number of fused-ring (bicyclic) bond motifs is 1. The van der Waals surface area contributed by atoms with E-state index in [1.165, 1.54) is 0 Å². The number of ether oxygens (including phenoxy) is 2. The molecule has 1 fully saturated rings. The number of Topliss-reactive ketones (excluding diaryl/α,β-unsaturated/α-hetero) is 2. The molecule has 10 nitrogen and oxygen atoms in total. The van der Waals surface area contributed by atoms with Crippen LogP contribution >= 0.6 is 0 Å². The van der Waals surface area contributed by atoms with Gasteiger partial charge in [-0.15, -0.1) is 0 Å². The molecule has 2 amide bonds. The Bertz CT molecular complexity index is 1940. The molecule has 0 aliphatic heterocycles. The van der Waals surface area contributed by atoms with Crippen molar-refractivity contribution in [2.45, 2.75) is 111 Å². The number of nitrogens with one attached hydrogen (secondary N) is 3. The molecule has 0 bridgehead atoms. The van der Waals surface area contributed by atoms with Gasteiger partial charge in [-0.25, -0.2) is 4.79 Å². The van der Waals surface area contributed by atoms with E-state index in [0.717, 1.165) is 58.8 Å². The topological polar surface area (TPSA) is 139 Å². The molecule has 3 N–H and O–H groups in total. The summed E-state index contributed by atoms with van der Waals surface area (Å²) in [6.45, 7) is 14.6. The molecule has 0 radical (unpaired) electrons. The number of hydrogen-bond acceptors (Lipinski definition) is 7. The normalized spacial score (nSPS) is 16.7. The maximum Gasteiger partial charge on any atom is 0.407 e. The summed E-state index contributed by atoms with van der Waals surface area (Å²) >= 11 is 0. The molecule has 10 heteroatoms. The zero-order chi connectivity index (χ0) is 39.8. The first kappa shape index (κ1) is 41.3. The first-order valence-electron chi connectivity index (χ1n) is 19.6. The van der Waals surface area contributed by atoms with Crippen LogP contribution in [0.2, 0.25) is 0 Å². The Morgan fingerprint density at radius 3 is 2.29 bits per heavy atom. The molecular formula is C45H58N4O6. The van der Waals surface area contributed by atoms with Crippen molar-refractivity contribution in [2.24, 2.45) is 17.8 Å². The summed E-state index contributed by atoms with van der Waals surface area (Å²) in [4.78, 5) is 52.7. The molecule has 3 aromatic carbocycles. The first-order chi connectivity index (χ1) is 26.0. The minimum Gasteiger partial charge on any atom is -0.444 e. The highest BCUT2D eigenvalue weighted by molar-refractivity contribution is 5.98. The Morgan fingerprint density at radius 2 is 1.62 bits per heavy atom. The van der Waals surface area contributed by atoms with Crippen molar-refractivity contribution in [3.8, 4) is 11.1 Å². The monoisotopic (exact) mass is 750 g/mol. The van der Waals surface area contributed by atoms with Crippen LogP contribution in [-0.4, -0.2) is 58.1 Å². The molecule has 294 valence electrons. The molecular weight excluding hydrogens is 693 g/mol. The van der Waals surface area contributed by atoms with E-state index < -0.39 is 17.6 Å². The molecule has 5 rings (SSSR count). The fraction of sp³-hybridized carbons (Fsp3) is 0.489. The molecule has 1 heterocycles. The fourth-order valence-electron chi connectivity index (χ4n) is 7.18. The van der Waals surface area contributed by atoms with Crippen molar-refractivity contribution in [2.75, 3.05) is 18.5 Å². The lowest BCUT2D eigenvalue weighted by molar-refractivity contribution is -0.129. The number of H-pyrrole nitrogens is 1. The van der Waals surface area contributed by atoms with Crippen LogP contribution in [-0.2, 0) is 25.5 Å². The lowest BCUT2D eigenvalue weighted by Crippen LogP contribution is -2.37. The largest absolute Gasteiger partial charge is 0.444 e. The molecule has 1 aliphatic carbocycles. The number of carbonyl (C=O) groups is 4. The van der Waals surface area contributed by atoms with E-state index in [1.807, 2.05) is 109 Å². The van der Waals surface area contributed by atoms with E-state index in [-0.39, 0.29) is 41.3 Å². The number of aryl methyl sites for hydroxylation is 1. The minimum atomic E-state index is -0.566. The van der Waals surface area contributed by atoms with Gasteiger partial charge >= 0.3 is 6.09 Å². The highest BCUT2D eigenvalue weighted by atomic mass is 16.6. The molecule has 1 saturated carbocycles. The molecule has 0 saturated heterocycles. The second-order valence-electron chi connectivity index (χ2n) is 17.0. The summed E-state index contributed by atoms with van der Waals surface area (Å²) in [5.41, 5.74) is 5.41. The molecule has 1 aliphatic rings. The van der Waals surface area contributed by atoms with Crippen LogP contribution in [0.25, 0.3) is 22.0 Å². The number of anilines is 1. The van der Waals surface area contributed by atoms with Crippen LogP contribution in [0.4, 0.5) is 10.5 Å². The van der Waals surface area contributed by atoms with Crippen LogP contribution < -0.4 is 10.6 Å². The Kier molecular flexibility index (Phi) is 13.7. The summed E-state index contributed by atoms with van der Waals surface area (Å²) in [5, 5.41) is 13.9. The second-order valence-corrected chi connectivity index (χ2v) is 17.0. The van der Waals surface area contributed by atoms with Gasteiger partial charge in [0.25, 0.3) is 0 Å². The minimum absolute atomic E-state index is 0.103. The van der Waals surface area contributed by atoms with Crippen molar-refractivity contribution < 1.29 is 28.7 Å². The molecule has 0 spiro atoms. The number of alkyl carbamates (subject to hydrolysis) is 1. The number of rotatable bonds is 15. The van der Waals surface area contributed by atoms with Crippen molar-refractivity contribution in [3.05, 3.63) is 83.6 Å². The Hall–Kier alpha value is -4.83. The SMILES string of the molecule is Cc1cc(C(=O)CCCOC(C)(C)C)ccc1-c1ccc(C[C@H](CC(=O)C2CCC(CNC(=O)OC(C)(C)C)CC2)C(=O)Nc2ccc3cn[nH]c3c2)cc1. The number of amides is 2. The number of aromatic amines is 1.